The predicted molar refractivity (Wildman–Crippen MR) is 211 cm³/mol. The van der Waals surface area contributed by atoms with E-state index in [2.05, 4.69) is 84.1 Å². The summed E-state index contributed by atoms with van der Waals surface area (Å²) in [5, 5.41) is 1.06. The van der Waals surface area contributed by atoms with Gasteiger partial charge in [0.1, 0.15) is 29.3 Å². The van der Waals surface area contributed by atoms with Gasteiger partial charge in [0.05, 0.1) is 11.7 Å². The van der Waals surface area contributed by atoms with Crippen LogP contribution in [-0.2, 0) is 30.4 Å². The van der Waals surface area contributed by atoms with Crippen molar-refractivity contribution in [2.75, 3.05) is 6.61 Å². The SMILES string of the molecule is C/C(=C\COc1c2c(cc3c1CC[C@@]1(C[C@H](CC/C(C)=C/CCc4c5c(cc6oc(=O)ccc46)CC=C5)C(C)(C)C1)O3)CC=C2)CCC1OC1(C)C. The van der Waals surface area contributed by atoms with Crippen molar-refractivity contribution in [3.8, 4) is 11.5 Å². The Labute approximate surface area is 309 Å². The highest BCUT2D eigenvalue weighted by Crippen LogP contribution is 2.57. The first-order valence-corrected chi connectivity index (χ1v) is 19.8. The zero-order valence-electron chi connectivity index (χ0n) is 32.2. The van der Waals surface area contributed by atoms with Crippen LogP contribution in [0.15, 0.2) is 68.9 Å². The summed E-state index contributed by atoms with van der Waals surface area (Å²) < 4.78 is 25.1. The summed E-state index contributed by atoms with van der Waals surface area (Å²) in [6.07, 6.45) is 26.5. The van der Waals surface area contributed by atoms with E-state index in [-0.39, 0.29) is 22.2 Å². The van der Waals surface area contributed by atoms with Crippen LogP contribution in [0.25, 0.3) is 23.1 Å². The maximum atomic E-state index is 11.9. The Bertz CT molecular complexity index is 2070. The summed E-state index contributed by atoms with van der Waals surface area (Å²) in [4.78, 5) is 11.9. The Hall–Kier alpha value is -3.83. The quantitative estimate of drug-likeness (QED) is 0.107. The molecule has 1 spiro atoms. The fraction of sp³-hybridized carbons (Fsp3) is 0.511. The van der Waals surface area contributed by atoms with E-state index in [9.17, 15) is 4.79 Å². The summed E-state index contributed by atoms with van der Waals surface area (Å²) in [7, 11) is 0. The molecule has 8 rings (SSSR count). The standard InChI is InChI=1S/C47H56O5/c1-30(10-7-15-37-35-13-8-11-32(35)26-40-38(37)19-21-43(48)50-40)16-18-34-28-47(29-45(34,3)4)24-22-39-41(51-47)27-33-12-9-14-36(33)44(39)49-25-23-31(2)17-20-42-46(5,6)52-42/h8-10,13-14,19,21,23,26-27,34,42H,7,11-12,15-18,20,22,24-25,28-29H2,1-6H3/b30-10+,31-23+/t34-,42?,47-/m0/s1. The van der Waals surface area contributed by atoms with Gasteiger partial charge in [0.25, 0.3) is 0 Å². The highest BCUT2D eigenvalue weighted by molar-refractivity contribution is 5.87. The molecule has 5 aliphatic rings. The lowest BCUT2D eigenvalue weighted by molar-refractivity contribution is 0.0415. The minimum atomic E-state index is -0.284. The molecule has 2 fully saturated rings. The molecule has 1 unspecified atom stereocenters. The summed E-state index contributed by atoms with van der Waals surface area (Å²) >= 11 is 0. The van der Waals surface area contributed by atoms with Crippen molar-refractivity contribution in [1.29, 1.82) is 0 Å². The normalized spacial score (nSPS) is 25.0. The van der Waals surface area contributed by atoms with Crippen LogP contribution in [0.5, 0.6) is 11.5 Å². The van der Waals surface area contributed by atoms with Crippen LogP contribution in [0.4, 0.5) is 0 Å². The summed E-state index contributed by atoms with van der Waals surface area (Å²) in [6.45, 7) is 14.4. The van der Waals surface area contributed by atoms with Gasteiger partial charge in [-0.25, -0.2) is 4.79 Å². The molecule has 0 amide bonds. The van der Waals surface area contributed by atoms with Crippen LogP contribution < -0.4 is 15.1 Å². The van der Waals surface area contributed by atoms with Gasteiger partial charge in [0.15, 0.2) is 0 Å². The predicted octanol–water partition coefficient (Wildman–Crippen LogP) is 11.1. The molecule has 3 heterocycles. The minimum Gasteiger partial charge on any atom is -0.488 e. The molecule has 5 heteroatoms. The molecule has 3 atom stereocenters. The number of fused-ring (bicyclic) bond motifs is 4. The molecular weight excluding hydrogens is 645 g/mol. The third kappa shape index (κ3) is 6.98. The van der Waals surface area contributed by atoms with Gasteiger partial charge in [-0.2, -0.15) is 0 Å². The van der Waals surface area contributed by atoms with E-state index in [1.807, 2.05) is 12.1 Å². The van der Waals surface area contributed by atoms with E-state index in [0.29, 0.717) is 24.2 Å². The molecule has 0 N–H and O–H groups in total. The first kappa shape index (κ1) is 35.2. The Morgan fingerprint density at radius 2 is 1.67 bits per heavy atom. The Balaban J connectivity index is 0.902. The van der Waals surface area contributed by atoms with Crippen molar-refractivity contribution in [1.82, 2.24) is 0 Å². The molecule has 2 aromatic carbocycles. The van der Waals surface area contributed by atoms with Crippen LogP contribution in [0.1, 0.15) is 126 Å². The zero-order chi connectivity index (χ0) is 36.3. The van der Waals surface area contributed by atoms with E-state index in [4.69, 9.17) is 18.6 Å². The van der Waals surface area contributed by atoms with Crippen LogP contribution in [0.3, 0.4) is 0 Å². The van der Waals surface area contributed by atoms with Crippen LogP contribution in [-0.4, -0.2) is 23.9 Å². The van der Waals surface area contributed by atoms with Crippen molar-refractivity contribution in [2.24, 2.45) is 11.3 Å². The Morgan fingerprint density at radius 1 is 0.942 bits per heavy atom. The molecule has 2 aliphatic heterocycles. The van der Waals surface area contributed by atoms with Gasteiger partial charge in [0, 0.05) is 22.6 Å². The number of allylic oxidation sites excluding steroid dienone is 5. The van der Waals surface area contributed by atoms with Crippen molar-refractivity contribution < 1.29 is 18.6 Å². The number of epoxide rings is 1. The van der Waals surface area contributed by atoms with Crippen LogP contribution >= 0.6 is 0 Å². The number of ether oxygens (including phenoxy) is 3. The maximum Gasteiger partial charge on any atom is 0.336 e. The second kappa shape index (κ2) is 13.5. The van der Waals surface area contributed by atoms with E-state index in [1.165, 1.54) is 50.9 Å². The summed E-state index contributed by atoms with van der Waals surface area (Å²) in [5.74, 6) is 2.70. The molecule has 1 saturated carbocycles. The molecule has 1 saturated heterocycles. The second-order valence-corrected chi connectivity index (χ2v) is 17.7. The smallest absolute Gasteiger partial charge is 0.336 e. The Morgan fingerprint density at radius 3 is 2.46 bits per heavy atom. The average molecular weight is 701 g/mol. The second-order valence-electron chi connectivity index (χ2n) is 17.7. The first-order chi connectivity index (χ1) is 24.9. The lowest BCUT2D eigenvalue weighted by atomic mass is 9.78. The lowest BCUT2D eigenvalue weighted by Crippen LogP contribution is -2.38. The fourth-order valence-electron chi connectivity index (χ4n) is 9.81. The highest BCUT2D eigenvalue weighted by Gasteiger charge is 2.52. The van der Waals surface area contributed by atoms with Gasteiger partial charge in [-0.15, -0.1) is 0 Å². The number of aryl methyl sites for hydroxylation is 1. The largest absolute Gasteiger partial charge is 0.488 e. The number of hydrogen-bond acceptors (Lipinski definition) is 5. The number of rotatable bonds is 12. The molecule has 0 bridgehead atoms. The summed E-state index contributed by atoms with van der Waals surface area (Å²) in [6, 6.07) is 7.85. The first-order valence-electron chi connectivity index (χ1n) is 19.8. The molecule has 3 aromatic rings. The van der Waals surface area contributed by atoms with Crippen molar-refractivity contribution >= 4 is 23.1 Å². The van der Waals surface area contributed by atoms with E-state index in [0.717, 1.165) is 87.5 Å². The van der Waals surface area contributed by atoms with Gasteiger partial charge < -0.3 is 18.6 Å². The van der Waals surface area contributed by atoms with Crippen LogP contribution in [0.2, 0.25) is 0 Å². The fourth-order valence-corrected chi connectivity index (χ4v) is 9.81. The van der Waals surface area contributed by atoms with Gasteiger partial charge in [-0.05, 0) is 163 Å². The van der Waals surface area contributed by atoms with Gasteiger partial charge >= 0.3 is 5.63 Å². The monoisotopic (exact) mass is 700 g/mol. The molecule has 1 aromatic heterocycles. The minimum absolute atomic E-state index is 0.0517. The van der Waals surface area contributed by atoms with Crippen molar-refractivity contribution in [2.45, 2.75) is 136 Å². The molecule has 274 valence electrons. The third-order valence-corrected chi connectivity index (χ3v) is 12.9. The van der Waals surface area contributed by atoms with Gasteiger partial charge in [-0.1, -0.05) is 55.4 Å². The summed E-state index contributed by atoms with van der Waals surface area (Å²) in [5.41, 5.74) is 11.1. The van der Waals surface area contributed by atoms with E-state index in [1.54, 1.807) is 6.07 Å². The van der Waals surface area contributed by atoms with E-state index < -0.39 is 0 Å². The van der Waals surface area contributed by atoms with Crippen molar-refractivity contribution in [3.63, 3.8) is 0 Å². The lowest BCUT2D eigenvalue weighted by Gasteiger charge is -2.38. The maximum absolute atomic E-state index is 11.9. The Kier molecular flexibility index (Phi) is 9.17. The zero-order valence-corrected chi connectivity index (χ0v) is 32.2. The average Bonchev–Trinajstić information content (AvgIpc) is 3.49. The van der Waals surface area contributed by atoms with E-state index >= 15 is 0 Å². The van der Waals surface area contributed by atoms with Crippen LogP contribution in [0, 0.1) is 11.3 Å². The molecule has 3 aliphatic carbocycles. The molecule has 0 radical (unpaired) electrons. The molecule has 5 nitrogen and oxygen atoms in total. The molecule has 52 heavy (non-hydrogen) atoms. The van der Waals surface area contributed by atoms with Crippen molar-refractivity contribution in [3.05, 3.63) is 104 Å². The third-order valence-electron chi connectivity index (χ3n) is 12.9. The topological polar surface area (TPSA) is 61.2 Å². The molecular formula is C47H56O5. The number of hydrogen-bond donors (Lipinski definition) is 0. The highest BCUT2D eigenvalue weighted by atomic mass is 16.6. The number of benzene rings is 2. The van der Waals surface area contributed by atoms with Gasteiger partial charge in [0.2, 0.25) is 0 Å². The van der Waals surface area contributed by atoms with Gasteiger partial charge in [-0.3, -0.25) is 0 Å².